The zero-order chi connectivity index (χ0) is 18.4. The van der Waals surface area contributed by atoms with Crippen LogP contribution in [0.25, 0.3) is 0 Å². The number of methoxy groups -OCH3 is 1. The van der Waals surface area contributed by atoms with Crippen molar-refractivity contribution in [1.29, 1.82) is 0 Å². The molecule has 6 nitrogen and oxygen atoms in total. The molecule has 1 unspecified atom stereocenters. The Morgan fingerprint density at radius 3 is 2.77 bits per heavy atom. The van der Waals surface area contributed by atoms with Crippen molar-refractivity contribution in [2.24, 2.45) is 11.8 Å². The molecule has 2 saturated heterocycles. The Morgan fingerprint density at radius 1 is 1.27 bits per heavy atom. The van der Waals surface area contributed by atoms with Crippen LogP contribution >= 0.6 is 0 Å². The average molecular weight is 360 g/mol. The SMILES string of the molecule is COc1cccc(C(=O)N2CCC(C(=O)NCC3CCCOC3)CC2)c1. The summed E-state index contributed by atoms with van der Waals surface area (Å²) in [7, 11) is 1.59. The van der Waals surface area contributed by atoms with Gasteiger partial charge in [-0.2, -0.15) is 0 Å². The summed E-state index contributed by atoms with van der Waals surface area (Å²) in [6.45, 7) is 3.50. The summed E-state index contributed by atoms with van der Waals surface area (Å²) in [5.74, 6) is 1.22. The van der Waals surface area contributed by atoms with Gasteiger partial charge in [0.1, 0.15) is 5.75 Å². The van der Waals surface area contributed by atoms with Gasteiger partial charge in [0.25, 0.3) is 5.91 Å². The zero-order valence-corrected chi connectivity index (χ0v) is 15.4. The van der Waals surface area contributed by atoms with Gasteiger partial charge in [0.15, 0.2) is 0 Å². The first kappa shape index (κ1) is 18.7. The molecular weight excluding hydrogens is 332 g/mol. The predicted molar refractivity (Wildman–Crippen MR) is 98.2 cm³/mol. The first-order valence-corrected chi connectivity index (χ1v) is 9.46. The monoisotopic (exact) mass is 360 g/mol. The first-order valence-electron chi connectivity index (χ1n) is 9.46. The number of nitrogens with zero attached hydrogens (tertiary/aromatic N) is 1. The molecule has 2 heterocycles. The smallest absolute Gasteiger partial charge is 0.253 e. The number of hydrogen-bond donors (Lipinski definition) is 1. The standard InChI is InChI=1S/C20H28N2O4/c1-25-18-6-2-5-17(12-18)20(24)22-9-7-16(8-10-22)19(23)21-13-15-4-3-11-26-14-15/h2,5-6,12,15-16H,3-4,7-11,13-14H2,1H3,(H,21,23). The number of ether oxygens (including phenoxy) is 2. The minimum atomic E-state index is -0.00568. The molecule has 1 aromatic carbocycles. The van der Waals surface area contributed by atoms with Crippen molar-refractivity contribution in [3.05, 3.63) is 29.8 Å². The van der Waals surface area contributed by atoms with Gasteiger partial charge in [0.05, 0.1) is 13.7 Å². The summed E-state index contributed by atoms with van der Waals surface area (Å²) in [4.78, 5) is 26.9. The van der Waals surface area contributed by atoms with Crippen LogP contribution < -0.4 is 10.1 Å². The number of carbonyl (C=O) groups is 2. The van der Waals surface area contributed by atoms with E-state index in [1.165, 1.54) is 0 Å². The molecule has 2 aliphatic heterocycles. The van der Waals surface area contributed by atoms with Crippen molar-refractivity contribution in [3.8, 4) is 5.75 Å². The molecule has 2 fully saturated rings. The number of piperidine rings is 1. The van der Waals surface area contributed by atoms with Crippen LogP contribution in [-0.2, 0) is 9.53 Å². The van der Waals surface area contributed by atoms with Gasteiger partial charge in [-0.05, 0) is 49.8 Å². The van der Waals surface area contributed by atoms with Crippen LogP contribution in [0.5, 0.6) is 5.75 Å². The highest BCUT2D eigenvalue weighted by molar-refractivity contribution is 5.94. The number of carbonyl (C=O) groups excluding carboxylic acids is 2. The van der Waals surface area contributed by atoms with Gasteiger partial charge in [0.2, 0.25) is 5.91 Å². The fourth-order valence-corrected chi connectivity index (χ4v) is 3.64. The van der Waals surface area contributed by atoms with E-state index in [4.69, 9.17) is 9.47 Å². The van der Waals surface area contributed by atoms with Gasteiger partial charge in [-0.3, -0.25) is 9.59 Å². The van der Waals surface area contributed by atoms with E-state index in [0.29, 0.717) is 49.7 Å². The average Bonchev–Trinajstić information content (AvgIpc) is 2.72. The van der Waals surface area contributed by atoms with E-state index in [2.05, 4.69) is 5.32 Å². The second-order valence-corrected chi connectivity index (χ2v) is 7.13. The van der Waals surface area contributed by atoms with E-state index in [9.17, 15) is 9.59 Å². The maximum absolute atomic E-state index is 12.6. The maximum Gasteiger partial charge on any atom is 0.253 e. The molecule has 2 aliphatic rings. The summed E-state index contributed by atoms with van der Waals surface area (Å²) in [5.41, 5.74) is 0.629. The number of nitrogens with one attached hydrogen (secondary N) is 1. The van der Waals surface area contributed by atoms with Gasteiger partial charge in [-0.1, -0.05) is 6.07 Å². The highest BCUT2D eigenvalue weighted by Crippen LogP contribution is 2.21. The summed E-state index contributed by atoms with van der Waals surface area (Å²) in [5, 5.41) is 3.07. The molecule has 0 aromatic heterocycles. The van der Waals surface area contributed by atoms with E-state index in [-0.39, 0.29) is 17.7 Å². The molecule has 142 valence electrons. The largest absolute Gasteiger partial charge is 0.497 e. The molecule has 1 aromatic rings. The molecule has 6 heteroatoms. The van der Waals surface area contributed by atoms with E-state index in [1.54, 1.807) is 19.2 Å². The Kier molecular flexibility index (Phi) is 6.50. The Labute approximate surface area is 154 Å². The van der Waals surface area contributed by atoms with Gasteiger partial charge in [-0.25, -0.2) is 0 Å². The van der Waals surface area contributed by atoms with Crippen LogP contribution in [0.2, 0.25) is 0 Å². The van der Waals surface area contributed by atoms with Crippen molar-refractivity contribution in [1.82, 2.24) is 10.2 Å². The van der Waals surface area contributed by atoms with E-state index < -0.39 is 0 Å². The lowest BCUT2D eigenvalue weighted by atomic mass is 9.94. The van der Waals surface area contributed by atoms with Crippen molar-refractivity contribution in [3.63, 3.8) is 0 Å². The van der Waals surface area contributed by atoms with Gasteiger partial charge in [0, 0.05) is 37.7 Å². The summed E-state index contributed by atoms with van der Waals surface area (Å²) in [6, 6.07) is 7.20. The van der Waals surface area contributed by atoms with Gasteiger partial charge >= 0.3 is 0 Å². The number of hydrogen-bond acceptors (Lipinski definition) is 4. The van der Waals surface area contributed by atoms with E-state index in [0.717, 1.165) is 26.1 Å². The third-order valence-electron chi connectivity index (χ3n) is 5.29. The van der Waals surface area contributed by atoms with Crippen molar-refractivity contribution >= 4 is 11.8 Å². The molecule has 0 aliphatic carbocycles. The van der Waals surface area contributed by atoms with Gasteiger partial charge < -0.3 is 19.7 Å². The van der Waals surface area contributed by atoms with Crippen LogP contribution in [0.1, 0.15) is 36.0 Å². The molecular formula is C20H28N2O4. The highest BCUT2D eigenvalue weighted by Gasteiger charge is 2.28. The second-order valence-electron chi connectivity index (χ2n) is 7.13. The number of benzene rings is 1. The van der Waals surface area contributed by atoms with Crippen LogP contribution in [0.15, 0.2) is 24.3 Å². The third kappa shape index (κ3) is 4.75. The van der Waals surface area contributed by atoms with E-state index >= 15 is 0 Å². The molecule has 1 N–H and O–H groups in total. The summed E-state index contributed by atoms with van der Waals surface area (Å²) >= 11 is 0. The van der Waals surface area contributed by atoms with E-state index in [1.807, 2.05) is 17.0 Å². The highest BCUT2D eigenvalue weighted by atomic mass is 16.5. The number of amides is 2. The van der Waals surface area contributed by atoms with Crippen molar-refractivity contribution in [2.45, 2.75) is 25.7 Å². The minimum Gasteiger partial charge on any atom is -0.497 e. The lowest BCUT2D eigenvalue weighted by Crippen LogP contribution is -2.44. The molecule has 0 bridgehead atoms. The Morgan fingerprint density at radius 2 is 2.08 bits per heavy atom. The maximum atomic E-state index is 12.6. The second kappa shape index (κ2) is 9.03. The van der Waals surface area contributed by atoms with Crippen LogP contribution in [-0.4, -0.2) is 56.7 Å². The van der Waals surface area contributed by atoms with Crippen LogP contribution in [0, 0.1) is 11.8 Å². The number of rotatable bonds is 5. The fourth-order valence-electron chi connectivity index (χ4n) is 3.64. The van der Waals surface area contributed by atoms with Crippen LogP contribution in [0.3, 0.4) is 0 Å². The summed E-state index contributed by atoms with van der Waals surface area (Å²) in [6.07, 6.45) is 3.62. The van der Waals surface area contributed by atoms with Crippen molar-refractivity contribution in [2.75, 3.05) is 40.0 Å². The minimum absolute atomic E-state index is 0.00196. The van der Waals surface area contributed by atoms with Gasteiger partial charge in [-0.15, -0.1) is 0 Å². The van der Waals surface area contributed by atoms with Crippen molar-refractivity contribution < 1.29 is 19.1 Å². The molecule has 0 radical (unpaired) electrons. The lowest BCUT2D eigenvalue weighted by Gasteiger charge is -2.32. The zero-order valence-electron chi connectivity index (χ0n) is 15.4. The first-order chi connectivity index (χ1) is 12.7. The summed E-state index contributed by atoms with van der Waals surface area (Å²) < 4.78 is 10.6. The molecule has 2 amide bonds. The molecule has 26 heavy (non-hydrogen) atoms. The normalized spacial score (nSPS) is 21.3. The number of likely N-dealkylation sites (tertiary alicyclic amines) is 1. The molecule has 0 saturated carbocycles. The molecule has 3 rings (SSSR count). The Bertz CT molecular complexity index is 620. The molecule has 1 atom stereocenters. The fraction of sp³-hybridized carbons (Fsp3) is 0.600. The molecule has 0 spiro atoms. The topological polar surface area (TPSA) is 67.9 Å². The quantitative estimate of drug-likeness (QED) is 0.873. The van der Waals surface area contributed by atoms with Crippen LogP contribution in [0.4, 0.5) is 0 Å². The Balaban J connectivity index is 1.45. The predicted octanol–water partition coefficient (Wildman–Crippen LogP) is 2.09. The Hall–Kier alpha value is -2.08. The lowest BCUT2D eigenvalue weighted by molar-refractivity contribution is -0.126. The third-order valence-corrected chi connectivity index (χ3v) is 5.29.